The molecule has 1 unspecified atom stereocenters. The first-order valence-corrected chi connectivity index (χ1v) is 8.06. The maximum Gasteiger partial charge on any atom is 0.342 e. The van der Waals surface area contributed by atoms with Crippen LogP contribution in [0.3, 0.4) is 0 Å². The second-order valence-corrected chi connectivity index (χ2v) is 5.50. The fourth-order valence-corrected chi connectivity index (χ4v) is 2.46. The number of carbonyl (C=O) groups is 2. The van der Waals surface area contributed by atoms with Crippen LogP contribution in [-0.2, 0) is 11.2 Å². The summed E-state index contributed by atoms with van der Waals surface area (Å²) >= 11 is 0. The number of Topliss-reactive ketones (excluding diaryl/α,β-unsaturated/α-hetero) is 1. The van der Waals surface area contributed by atoms with Crippen molar-refractivity contribution in [2.24, 2.45) is 0 Å². The molecule has 0 spiro atoms. The predicted octanol–water partition coefficient (Wildman–Crippen LogP) is 3.69. The molecule has 0 heterocycles. The molecule has 0 saturated carbocycles. The Labute approximate surface area is 147 Å². The van der Waals surface area contributed by atoms with E-state index in [0.29, 0.717) is 11.3 Å². The molecular weight excluding hydrogens is 320 g/mol. The monoisotopic (exact) mass is 342 g/mol. The van der Waals surface area contributed by atoms with E-state index in [0.717, 1.165) is 12.0 Å². The first-order valence-electron chi connectivity index (χ1n) is 8.06. The zero-order chi connectivity index (χ0) is 18.4. The molecule has 0 aliphatic rings. The molecule has 5 heteroatoms. The third-order valence-corrected chi connectivity index (χ3v) is 3.92. The van der Waals surface area contributed by atoms with Gasteiger partial charge in [-0.1, -0.05) is 37.3 Å². The Kier molecular flexibility index (Phi) is 6.17. The Bertz CT molecular complexity index is 749. The number of methoxy groups -OCH3 is 2. The maximum absolute atomic E-state index is 12.5. The number of carbonyl (C=O) groups excluding carboxylic acids is 2. The lowest BCUT2D eigenvalue weighted by molar-refractivity contribution is 0.0315. The van der Waals surface area contributed by atoms with E-state index in [2.05, 4.69) is 0 Å². The lowest BCUT2D eigenvalue weighted by Crippen LogP contribution is -2.24. The second kappa shape index (κ2) is 8.33. The molecule has 0 amide bonds. The van der Waals surface area contributed by atoms with Gasteiger partial charge in [-0.2, -0.15) is 0 Å². The van der Waals surface area contributed by atoms with Crippen molar-refractivity contribution in [2.75, 3.05) is 14.2 Å². The standard InChI is InChI=1S/C20H22O5/c1-5-14-9-11-15(12-10-14)18(21)13(2)25-20(22)16-7-6-8-17(23-3)19(16)24-4/h6-13H,5H2,1-4H3. The minimum atomic E-state index is -0.907. The number of ketones is 1. The van der Waals surface area contributed by atoms with Crippen molar-refractivity contribution in [1.82, 2.24) is 0 Å². The molecule has 0 aliphatic heterocycles. The van der Waals surface area contributed by atoms with Crippen LogP contribution in [0.1, 0.15) is 40.1 Å². The SMILES string of the molecule is CCc1ccc(C(=O)C(C)OC(=O)c2cccc(OC)c2OC)cc1. The summed E-state index contributed by atoms with van der Waals surface area (Å²) in [5.41, 5.74) is 1.86. The van der Waals surface area contributed by atoms with Crippen molar-refractivity contribution < 1.29 is 23.8 Å². The molecule has 0 saturated heterocycles. The summed E-state index contributed by atoms with van der Waals surface area (Å²) < 4.78 is 15.7. The third kappa shape index (κ3) is 4.18. The number of ether oxygens (including phenoxy) is 3. The lowest BCUT2D eigenvalue weighted by atomic mass is 10.0. The number of rotatable bonds is 7. The minimum absolute atomic E-state index is 0.211. The molecule has 2 rings (SSSR count). The Hall–Kier alpha value is -2.82. The summed E-state index contributed by atoms with van der Waals surface area (Å²) in [5, 5.41) is 0. The molecule has 0 aliphatic carbocycles. The van der Waals surface area contributed by atoms with Crippen molar-refractivity contribution >= 4 is 11.8 Å². The van der Waals surface area contributed by atoms with Crippen molar-refractivity contribution in [3.8, 4) is 11.5 Å². The summed E-state index contributed by atoms with van der Waals surface area (Å²) in [6, 6.07) is 12.2. The second-order valence-electron chi connectivity index (χ2n) is 5.50. The van der Waals surface area contributed by atoms with Gasteiger partial charge in [-0.25, -0.2) is 4.79 Å². The van der Waals surface area contributed by atoms with Crippen LogP contribution in [0.15, 0.2) is 42.5 Å². The van der Waals surface area contributed by atoms with Gasteiger partial charge in [-0.3, -0.25) is 4.79 Å². The quantitative estimate of drug-likeness (QED) is 0.567. The topological polar surface area (TPSA) is 61.8 Å². The summed E-state index contributed by atoms with van der Waals surface area (Å²) in [6.07, 6.45) is -0.00912. The molecule has 0 aromatic heterocycles. The van der Waals surface area contributed by atoms with E-state index >= 15 is 0 Å². The summed E-state index contributed by atoms with van der Waals surface area (Å²) in [7, 11) is 2.93. The van der Waals surface area contributed by atoms with Gasteiger partial charge in [0.25, 0.3) is 0 Å². The highest BCUT2D eigenvalue weighted by Crippen LogP contribution is 2.31. The maximum atomic E-state index is 12.5. The fourth-order valence-electron chi connectivity index (χ4n) is 2.46. The van der Waals surface area contributed by atoms with E-state index in [4.69, 9.17) is 14.2 Å². The molecule has 0 radical (unpaired) electrons. The number of para-hydroxylation sites is 1. The van der Waals surface area contributed by atoms with E-state index in [-0.39, 0.29) is 17.1 Å². The molecule has 1 atom stereocenters. The van der Waals surface area contributed by atoms with Gasteiger partial charge in [0.15, 0.2) is 17.6 Å². The number of aryl methyl sites for hydroxylation is 1. The van der Waals surface area contributed by atoms with E-state index < -0.39 is 12.1 Å². The Morgan fingerprint density at radius 3 is 2.24 bits per heavy atom. The van der Waals surface area contributed by atoms with E-state index in [1.165, 1.54) is 14.2 Å². The largest absolute Gasteiger partial charge is 0.493 e. The van der Waals surface area contributed by atoms with Gasteiger partial charge < -0.3 is 14.2 Å². The van der Waals surface area contributed by atoms with Crippen LogP contribution in [-0.4, -0.2) is 32.1 Å². The molecule has 2 aromatic rings. The van der Waals surface area contributed by atoms with Crippen LogP contribution in [0.2, 0.25) is 0 Å². The highest BCUT2D eigenvalue weighted by atomic mass is 16.6. The Morgan fingerprint density at radius 2 is 1.68 bits per heavy atom. The fraction of sp³-hybridized carbons (Fsp3) is 0.300. The highest BCUT2D eigenvalue weighted by Gasteiger charge is 2.23. The molecular formula is C20H22O5. The summed E-state index contributed by atoms with van der Waals surface area (Å²) in [5.74, 6) is -0.187. The van der Waals surface area contributed by atoms with Gasteiger partial charge in [0.1, 0.15) is 5.56 Å². The molecule has 0 bridgehead atoms. The number of hydrogen-bond donors (Lipinski definition) is 0. The zero-order valence-electron chi connectivity index (χ0n) is 14.9. The Morgan fingerprint density at radius 1 is 1.00 bits per heavy atom. The zero-order valence-corrected chi connectivity index (χ0v) is 14.9. The van der Waals surface area contributed by atoms with Crippen LogP contribution in [0.4, 0.5) is 0 Å². The number of esters is 1. The molecule has 25 heavy (non-hydrogen) atoms. The van der Waals surface area contributed by atoms with Crippen LogP contribution in [0, 0.1) is 0 Å². The summed E-state index contributed by atoms with van der Waals surface area (Å²) in [6.45, 7) is 3.60. The molecule has 0 N–H and O–H groups in total. The molecule has 2 aromatic carbocycles. The van der Waals surface area contributed by atoms with Gasteiger partial charge in [0, 0.05) is 5.56 Å². The van der Waals surface area contributed by atoms with Crippen molar-refractivity contribution in [2.45, 2.75) is 26.4 Å². The molecule has 132 valence electrons. The number of hydrogen-bond acceptors (Lipinski definition) is 5. The van der Waals surface area contributed by atoms with Crippen molar-refractivity contribution in [3.05, 3.63) is 59.2 Å². The van der Waals surface area contributed by atoms with Gasteiger partial charge in [-0.05, 0) is 31.0 Å². The smallest absolute Gasteiger partial charge is 0.342 e. The van der Waals surface area contributed by atoms with E-state index in [1.807, 2.05) is 19.1 Å². The average molecular weight is 342 g/mol. The van der Waals surface area contributed by atoms with Gasteiger partial charge in [0.05, 0.1) is 14.2 Å². The van der Waals surface area contributed by atoms with Gasteiger partial charge in [0.2, 0.25) is 5.78 Å². The Balaban J connectivity index is 2.15. The highest BCUT2D eigenvalue weighted by molar-refractivity contribution is 6.02. The van der Waals surface area contributed by atoms with Crippen LogP contribution >= 0.6 is 0 Å². The number of benzene rings is 2. The van der Waals surface area contributed by atoms with Gasteiger partial charge in [-0.15, -0.1) is 0 Å². The van der Waals surface area contributed by atoms with Crippen molar-refractivity contribution in [3.63, 3.8) is 0 Å². The summed E-state index contributed by atoms with van der Waals surface area (Å²) in [4.78, 5) is 24.9. The van der Waals surface area contributed by atoms with Gasteiger partial charge >= 0.3 is 5.97 Å². The average Bonchev–Trinajstić information content (AvgIpc) is 2.66. The first-order chi connectivity index (χ1) is 12.0. The van der Waals surface area contributed by atoms with E-state index in [1.54, 1.807) is 37.3 Å². The lowest BCUT2D eigenvalue weighted by Gasteiger charge is -2.15. The van der Waals surface area contributed by atoms with Crippen LogP contribution in [0.25, 0.3) is 0 Å². The van der Waals surface area contributed by atoms with E-state index in [9.17, 15) is 9.59 Å². The van der Waals surface area contributed by atoms with Crippen molar-refractivity contribution in [1.29, 1.82) is 0 Å². The molecule has 0 fully saturated rings. The third-order valence-electron chi connectivity index (χ3n) is 3.92. The first kappa shape index (κ1) is 18.5. The normalized spacial score (nSPS) is 11.5. The minimum Gasteiger partial charge on any atom is -0.493 e. The molecule has 5 nitrogen and oxygen atoms in total. The predicted molar refractivity (Wildman–Crippen MR) is 94.6 cm³/mol. The van der Waals surface area contributed by atoms with Crippen LogP contribution < -0.4 is 9.47 Å². The van der Waals surface area contributed by atoms with Crippen LogP contribution in [0.5, 0.6) is 11.5 Å².